The third-order valence-electron chi connectivity index (χ3n) is 4.64. The second-order valence-electron chi connectivity index (χ2n) is 6.55. The molecule has 0 atom stereocenters. The number of carbonyl (C=O) groups is 1. The number of aromatic nitrogens is 2. The quantitative estimate of drug-likeness (QED) is 0.621. The number of rotatable bonds is 5. The van der Waals surface area contributed by atoms with Gasteiger partial charge in [0.1, 0.15) is 0 Å². The maximum absolute atomic E-state index is 12.6. The van der Waals surface area contributed by atoms with Crippen molar-refractivity contribution in [1.29, 1.82) is 0 Å². The molecule has 1 aromatic heterocycles. The Hall–Kier alpha value is -2.66. The second-order valence-corrected chi connectivity index (χ2v) is 6.98. The van der Waals surface area contributed by atoms with Gasteiger partial charge in [-0.2, -0.15) is 4.98 Å². The van der Waals surface area contributed by atoms with E-state index in [2.05, 4.69) is 10.1 Å². The zero-order valence-electron chi connectivity index (χ0n) is 14.2. The minimum absolute atomic E-state index is 0.0104. The maximum Gasteiger partial charge on any atom is 0.317 e. The third-order valence-corrected chi connectivity index (χ3v) is 4.89. The summed E-state index contributed by atoms with van der Waals surface area (Å²) in [7, 11) is 0. The Morgan fingerprint density at radius 3 is 2.50 bits per heavy atom. The Bertz CT molecular complexity index is 928. The van der Waals surface area contributed by atoms with Crippen molar-refractivity contribution in [3.63, 3.8) is 0 Å². The summed E-state index contributed by atoms with van der Waals surface area (Å²) in [6, 6.07) is 15.1. The van der Waals surface area contributed by atoms with Gasteiger partial charge in [0.25, 0.3) is 5.89 Å². The summed E-state index contributed by atoms with van der Waals surface area (Å²) < 4.78 is 10.7. The molecule has 0 saturated heterocycles. The van der Waals surface area contributed by atoms with Gasteiger partial charge >= 0.3 is 5.97 Å². The molecule has 1 aliphatic carbocycles. The number of halogens is 1. The Morgan fingerprint density at radius 1 is 1.15 bits per heavy atom. The lowest BCUT2D eigenvalue weighted by molar-refractivity contribution is -0.148. The lowest BCUT2D eigenvalue weighted by Crippen LogP contribution is -2.23. The average molecular weight is 369 g/mol. The van der Waals surface area contributed by atoms with E-state index in [0.717, 1.165) is 29.5 Å². The average Bonchev–Trinajstić information content (AvgIpc) is 3.33. The molecule has 4 rings (SSSR count). The fourth-order valence-corrected chi connectivity index (χ4v) is 3.02. The number of benzene rings is 2. The third kappa shape index (κ3) is 3.22. The summed E-state index contributed by atoms with van der Waals surface area (Å²) in [6.45, 7) is 2.00. The Balaban J connectivity index is 1.42. The van der Waals surface area contributed by atoms with Crippen molar-refractivity contribution < 1.29 is 14.1 Å². The molecule has 1 aliphatic rings. The first-order valence-corrected chi connectivity index (χ1v) is 8.77. The largest absolute Gasteiger partial charge is 0.457 e. The van der Waals surface area contributed by atoms with Gasteiger partial charge in [-0.1, -0.05) is 46.6 Å². The van der Waals surface area contributed by atoms with Gasteiger partial charge in [-0.15, -0.1) is 0 Å². The fourth-order valence-electron chi connectivity index (χ4n) is 2.90. The van der Waals surface area contributed by atoms with Gasteiger partial charge in [-0.05, 0) is 49.6 Å². The predicted molar refractivity (Wildman–Crippen MR) is 96.6 cm³/mol. The van der Waals surface area contributed by atoms with E-state index in [1.807, 2.05) is 43.3 Å². The zero-order chi connectivity index (χ0) is 18.1. The standard InChI is InChI=1S/C20H17ClN2O3/c1-13-2-4-14(5-3-13)18-22-17(23-26-18)12-25-19(24)20(10-11-20)15-6-8-16(21)9-7-15/h2-9H,10-12H2,1H3. The lowest BCUT2D eigenvalue weighted by Gasteiger charge is -2.14. The molecule has 26 heavy (non-hydrogen) atoms. The second kappa shape index (κ2) is 6.57. The number of ether oxygens (including phenoxy) is 1. The molecule has 6 heteroatoms. The van der Waals surface area contributed by atoms with Crippen molar-refractivity contribution in [1.82, 2.24) is 10.1 Å². The molecule has 1 saturated carbocycles. The topological polar surface area (TPSA) is 65.2 Å². The highest BCUT2D eigenvalue weighted by Gasteiger charge is 2.52. The van der Waals surface area contributed by atoms with Crippen molar-refractivity contribution >= 4 is 17.6 Å². The molecule has 5 nitrogen and oxygen atoms in total. The monoisotopic (exact) mass is 368 g/mol. The van der Waals surface area contributed by atoms with Crippen LogP contribution in [0, 0.1) is 6.92 Å². The molecule has 0 bridgehead atoms. The van der Waals surface area contributed by atoms with Crippen LogP contribution in [0.5, 0.6) is 0 Å². The van der Waals surface area contributed by atoms with Crippen LogP contribution in [0.3, 0.4) is 0 Å². The van der Waals surface area contributed by atoms with Crippen molar-refractivity contribution in [3.8, 4) is 11.5 Å². The number of hydrogen-bond acceptors (Lipinski definition) is 5. The summed E-state index contributed by atoms with van der Waals surface area (Å²) in [4.78, 5) is 16.9. The molecule has 0 spiro atoms. The first kappa shape index (κ1) is 16.8. The Labute approximate surface area is 155 Å². The number of nitrogens with zero attached hydrogens (tertiary/aromatic N) is 2. The molecule has 0 aliphatic heterocycles. The molecular weight excluding hydrogens is 352 g/mol. The summed E-state index contributed by atoms with van der Waals surface area (Å²) in [5.41, 5.74) is 2.36. The molecule has 1 fully saturated rings. The van der Waals surface area contributed by atoms with E-state index in [1.54, 1.807) is 12.1 Å². The normalized spacial score (nSPS) is 14.8. The zero-order valence-corrected chi connectivity index (χ0v) is 15.0. The highest BCUT2D eigenvalue weighted by atomic mass is 35.5. The van der Waals surface area contributed by atoms with Gasteiger partial charge in [0.2, 0.25) is 5.82 Å². The molecule has 2 aromatic carbocycles. The first-order valence-electron chi connectivity index (χ1n) is 8.40. The van der Waals surface area contributed by atoms with Crippen LogP contribution in [0.15, 0.2) is 53.1 Å². The summed E-state index contributed by atoms with van der Waals surface area (Å²) in [5.74, 6) is 0.497. The summed E-state index contributed by atoms with van der Waals surface area (Å²) in [5, 5.41) is 4.54. The van der Waals surface area contributed by atoms with Gasteiger partial charge in [0.15, 0.2) is 6.61 Å². The molecule has 0 radical (unpaired) electrons. The minimum atomic E-state index is -0.561. The predicted octanol–water partition coefficient (Wildman–Crippen LogP) is 4.47. The van der Waals surface area contributed by atoms with Crippen LogP contribution in [-0.2, 0) is 21.6 Å². The molecule has 1 heterocycles. The van der Waals surface area contributed by atoms with Crippen LogP contribution < -0.4 is 0 Å². The van der Waals surface area contributed by atoms with Crippen LogP contribution in [0.25, 0.3) is 11.5 Å². The first-order chi connectivity index (χ1) is 12.6. The van der Waals surface area contributed by atoms with E-state index in [4.69, 9.17) is 20.9 Å². The van der Waals surface area contributed by atoms with E-state index >= 15 is 0 Å². The van der Waals surface area contributed by atoms with Crippen LogP contribution >= 0.6 is 11.6 Å². The van der Waals surface area contributed by atoms with E-state index < -0.39 is 5.41 Å². The summed E-state index contributed by atoms with van der Waals surface area (Å²) in [6.07, 6.45) is 1.54. The number of hydrogen-bond donors (Lipinski definition) is 0. The fraction of sp³-hybridized carbons (Fsp3) is 0.250. The van der Waals surface area contributed by atoms with Crippen molar-refractivity contribution in [3.05, 3.63) is 70.5 Å². The molecule has 0 unspecified atom stereocenters. The Morgan fingerprint density at radius 2 is 1.85 bits per heavy atom. The number of aryl methyl sites for hydroxylation is 1. The molecule has 132 valence electrons. The number of carbonyl (C=O) groups excluding carboxylic acids is 1. The van der Waals surface area contributed by atoms with Gasteiger partial charge in [0.05, 0.1) is 5.41 Å². The van der Waals surface area contributed by atoms with Crippen molar-refractivity contribution in [2.45, 2.75) is 31.8 Å². The lowest BCUT2D eigenvalue weighted by atomic mass is 9.96. The van der Waals surface area contributed by atoms with Gasteiger partial charge in [-0.3, -0.25) is 4.79 Å². The van der Waals surface area contributed by atoms with Crippen LogP contribution in [0.4, 0.5) is 0 Å². The van der Waals surface area contributed by atoms with E-state index in [1.165, 1.54) is 0 Å². The molecule has 0 amide bonds. The van der Waals surface area contributed by atoms with E-state index in [0.29, 0.717) is 16.7 Å². The van der Waals surface area contributed by atoms with E-state index in [-0.39, 0.29) is 12.6 Å². The van der Waals surface area contributed by atoms with Gasteiger partial charge < -0.3 is 9.26 Å². The van der Waals surface area contributed by atoms with Crippen molar-refractivity contribution in [2.24, 2.45) is 0 Å². The molecule has 0 N–H and O–H groups in total. The van der Waals surface area contributed by atoms with Crippen LogP contribution in [-0.4, -0.2) is 16.1 Å². The molecular formula is C20H17ClN2O3. The SMILES string of the molecule is Cc1ccc(-c2nc(COC(=O)C3(c4ccc(Cl)cc4)CC3)no2)cc1. The summed E-state index contributed by atoms with van der Waals surface area (Å²) >= 11 is 5.92. The van der Waals surface area contributed by atoms with Crippen LogP contribution in [0.2, 0.25) is 5.02 Å². The number of esters is 1. The smallest absolute Gasteiger partial charge is 0.317 e. The highest BCUT2D eigenvalue weighted by molar-refractivity contribution is 6.30. The molecule has 3 aromatic rings. The van der Waals surface area contributed by atoms with Gasteiger partial charge in [-0.25, -0.2) is 0 Å². The van der Waals surface area contributed by atoms with Crippen LogP contribution in [0.1, 0.15) is 29.8 Å². The van der Waals surface area contributed by atoms with Gasteiger partial charge in [0, 0.05) is 10.6 Å². The Kier molecular flexibility index (Phi) is 4.24. The van der Waals surface area contributed by atoms with Crippen molar-refractivity contribution in [2.75, 3.05) is 0 Å². The highest BCUT2D eigenvalue weighted by Crippen LogP contribution is 2.49. The van der Waals surface area contributed by atoms with E-state index in [9.17, 15) is 4.79 Å². The minimum Gasteiger partial charge on any atom is -0.457 e. The maximum atomic E-state index is 12.6.